The Balaban J connectivity index is 2.57. The summed E-state index contributed by atoms with van der Waals surface area (Å²) < 4.78 is 52.8. The standard InChI is InChI=1S/C13H12F4N2O3/c1-6(20)9-10(7-3-2-4-8(14)5-7)18-11(21)19-12(9,22)13(15,16)17/h2-5,9-10,22H,1H3,(H2,18,19,21)/t9-,10+,12-/m1/s1. The molecule has 3 N–H and O–H groups in total. The van der Waals surface area contributed by atoms with Crippen molar-refractivity contribution >= 4 is 11.8 Å². The molecule has 120 valence electrons. The smallest absolute Gasteiger partial charge is 0.363 e. The number of Topliss-reactive ketones (excluding diaryl/α,β-unsaturated/α-hetero) is 1. The molecule has 1 fully saturated rings. The Morgan fingerprint density at radius 1 is 1.36 bits per heavy atom. The Bertz CT molecular complexity index is 620. The predicted octanol–water partition coefficient (Wildman–Crippen LogP) is 1.64. The summed E-state index contributed by atoms with van der Waals surface area (Å²) in [5.41, 5.74) is -3.80. The summed E-state index contributed by atoms with van der Waals surface area (Å²) >= 11 is 0. The lowest BCUT2D eigenvalue weighted by Crippen LogP contribution is -2.72. The molecule has 0 aromatic heterocycles. The molecule has 2 amide bonds. The van der Waals surface area contributed by atoms with E-state index >= 15 is 0 Å². The van der Waals surface area contributed by atoms with Crippen LogP contribution in [0.4, 0.5) is 22.4 Å². The van der Waals surface area contributed by atoms with E-state index in [2.05, 4.69) is 5.32 Å². The molecule has 0 saturated carbocycles. The third-order valence-corrected chi connectivity index (χ3v) is 3.45. The van der Waals surface area contributed by atoms with Crippen LogP contribution in [0.5, 0.6) is 0 Å². The highest BCUT2D eigenvalue weighted by Gasteiger charge is 2.65. The van der Waals surface area contributed by atoms with E-state index in [4.69, 9.17) is 0 Å². The number of carbonyl (C=O) groups is 2. The minimum Gasteiger partial charge on any atom is -0.363 e. The molecule has 1 heterocycles. The number of aliphatic hydroxyl groups is 1. The number of hydrogen-bond donors (Lipinski definition) is 3. The van der Waals surface area contributed by atoms with E-state index in [1.807, 2.05) is 0 Å². The van der Waals surface area contributed by atoms with Crippen molar-refractivity contribution in [3.05, 3.63) is 35.6 Å². The molecule has 3 atom stereocenters. The van der Waals surface area contributed by atoms with E-state index in [1.165, 1.54) is 17.4 Å². The van der Waals surface area contributed by atoms with Crippen LogP contribution in [0.2, 0.25) is 0 Å². The van der Waals surface area contributed by atoms with Gasteiger partial charge in [0.2, 0.25) is 5.72 Å². The maximum Gasteiger partial charge on any atom is 0.437 e. The second-order valence-electron chi connectivity index (χ2n) is 4.98. The van der Waals surface area contributed by atoms with E-state index in [-0.39, 0.29) is 5.56 Å². The lowest BCUT2D eigenvalue weighted by atomic mass is 9.79. The lowest BCUT2D eigenvalue weighted by Gasteiger charge is -2.44. The van der Waals surface area contributed by atoms with Crippen LogP contribution in [0.3, 0.4) is 0 Å². The van der Waals surface area contributed by atoms with Crippen molar-refractivity contribution in [1.29, 1.82) is 0 Å². The topological polar surface area (TPSA) is 78.4 Å². The van der Waals surface area contributed by atoms with E-state index < -0.39 is 41.5 Å². The fourth-order valence-corrected chi connectivity index (χ4v) is 2.50. The van der Waals surface area contributed by atoms with Crippen LogP contribution in [0.15, 0.2) is 24.3 Å². The number of halogens is 4. The van der Waals surface area contributed by atoms with E-state index in [0.717, 1.165) is 19.1 Å². The predicted molar refractivity (Wildman–Crippen MR) is 66.0 cm³/mol. The van der Waals surface area contributed by atoms with Gasteiger partial charge >= 0.3 is 12.2 Å². The van der Waals surface area contributed by atoms with E-state index in [9.17, 15) is 32.3 Å². The molecule has 1 aliphatic rings. The average Bonchev–Trinajstić information content (AvgIpc) is 2.35. The fraction of sp³-hybridized carbons (Fsp3) is 0.385. The minimum absolute atomic E-state index is 0.0577. The summed E-state index contributed by atoms with van der Waals surface area (Å²) in [5.74, 6) is -3.82. The maximum atomic E-state index is 13.3. The molecule has 1 aromatic rings. The molecule has 22 heavy (non-hydrogen) atoms. The minimum atomic E-state index is -5.29. The zero-order chi connectivity index (χ0) is 16.7. The van der Waals surface area contributed by atoms with Gasteiger partial charge in [-0.1, -0.05) is 12.1 Å². The molecular weight excluding hydrogens is 308 g/mol. The zero-order valence-electron chi connectivity index (χ0n) is 11.2. The van der Waals surface area contributed by atoms with Gasteiger partial charge in [0.25, 0.3) is 0 Å². The van der Waals surface area contributed by atoms with Gasteiger partial charge in [0, 0.05) is 0 Å². The number of hydrogen-bond acceptors (Lipinski definition) is 3. The quantitative estimate of drug-likeness (QED) is 0.725. The summed E-state index contributed by atoms with van der Waals surface area (Å²) in [6, 6.07) is 1.60. The lowest BCUT2D eigenvalue weighted by molar-refractivity contribution is -0.290. The molecule has 0 unspecified atom stereocenters. The highest BCUT2D eigenvalue weighted by Crippen LogP contribution is 2.42. The van der Waals surface area contributed by atoms with Crippen LogP contribution < -0.4 is 10.6 Å². The summed E-state index contributed by atoms with van der Waals surface area (Å²) in [6.07, 6.45) is -5.29. The molecule has 0 radical (unpaired) electrons. The third kappa shape index (κ3) is 2.63. The number of urea groups is 1. The molecule has 5 nitrogen and oxygen atoms in total. The first-order valence-electron chi connectivity index (χ1n) is 6.20. The summed E-state index contributed by atoms with van der Waals surface area (Å²) in [6.45, 7) is 0.854. The normalized spacial score (nSPS) is 28.7. The number of alkyl halides is 3. The van der Waals surface area contributed by atoms with Crippen molar-refractivity contribution in [3.8, 4) is 0 Å². The molecular formula is C13H12F4N2O3. The number of rotatable bonds is 2. The summed E-state index contributed by atoms with van der Waals surface area (Å²) in [4.78, 5) is 23.2. The van der Waals surface area contributed by atoms with Gasteiger partial charge in [-0.25, -0.2) is 9.18 Å². The Morgan fingerprint density at radius 3 is 2.50 bits per heavy atom. The number of nitrogens with one attached hydrogen (secondary N) is 2. The molecule has 0 spiro atoms. The van der Waals surface area contributed by atoms with Crippen molar-refractivity contribution in [1.82, 2.24) is 10.6 Å². The molecule has 1 saturated heterocycles. The van der Waals surface area contributed by atoms with E-state index in [0.29, 0.717) is 0 Å². The van der Waals surface area contributed by atoms with Gasteiger partial charge in [0.05, 0.1) is 12.0 Å². The van der Waals surface area contributed by atoms with Crippen molar-refractivity contribution < 1.29 is 32.3 Å². The molecule has 2 rings (SSSR count). The number of ketones is 1. The van der Waals surface area contributed by atoms with Crippen LogP contribution >= 0.6 is 0 Å². The van der Waals surface area contributed by atoms with Crippen molar-refractivity contribution in [2.75, 3.05) is 0 Å². The van der Waals surface area contributed by atoms with Gasteiger partial charge in [-0.3, -0.25) is 4.79 Å². The first-order valence-corrected chi connectivity index (χ1v) is 6.20. The van der Waals surface area contributed by atoms with Gasteiger partial charge in [0.1, 0.15) is 11.6 Å². The van der Waals surface area contributed by atoms with Crippen molar-refractivity contribution in [2.24, 2.45) is 5.92 Å². The highest BCUT2D eigenvalue weighted by molar-refractivity contribution is 5.86. The number of amides is 2. The molecule has 9 heteroatoms. The molecule has 1 aliphatic heterocycles. The fourth-order valence-electron chi connectivity index (χ4n) is 2.50. The number of benzene rings is 1. The zero-order valence-corrected chi connectivity index (χ0v) is 11.2. The second-order valence-corrected chi connectivity index (χ2v) is 4.98. The van der Waals surface area contributed by atoms with Gasteiger partial charge < -0.3 is 15.7 Å². The van der Waals surface area contributed by atoms with Gasteiger partial charge in [-0.05, 0) is 24.6 Å². The van der Waals surface area contributed by atoms with Crippen LogP contribution in [-0.4, -0.2) is 28.8 Å². The van der Waals surface area contributed by atoms with Gasteiger partial charge in [-0.2, -0.15) is 13.2 Å². The molecule has 0 bridgehead atoms. The summed E-state index contributed by atoms with van der Waals surface area (Å²) in [5, 5.41) is 13.4. The van der Waals surface area contributed by atoms with Crippen LogP contribution in [0.25, 0.3) is 0 Å². The number of carbonyl (C=O) groups excluding carboxylic acids is 2. The Kier molecular flexibility index (Phi) is 3.86. The SMILES string of the molecule is CC(=O)[C@@H]1[C@H](c2cccc(F)c2)NC(=O)N[C@]1(O)C(F)(F)F. The molecule has 0 aliphatic carbocycles. The second kappa shape index (κ2) is 5.24. The third-order valence-electron chi connectivity index (χ3n) is 3.45. The summed E-state index contributed by atoms with van der Waals surface area (Å²) in [7, 11) is 0. The van der Waals surface area contributed by atoms with Gasteiger partial charge in [0.15, 0.2) is 0 Å². The van der Waals surface area contributed by atoms with Crippen molar-refractivity contribution in [3.63, 3.8) is 0 Å². The van der Waals surface area contributed by atoms with Crippen LogP contribution in [0, 0.1) is 11.7 Å². The first kappa shape index (κ1) is 16.2. The van der Waals surface area contributed by atoms with Crippen LogP contribution in [0.1, 0.15) is 18.5 Å². The highest BCUT2D eigenvalue weighted by atomic mass is 19.4. The maximum absolute atomic E-state index is 13.3. The Hall–Kier alpha value is -2.16. The van der Waals surface area contributed by atoms with Gasteiger partial charge in [-0.15, -0.1) is 0 Å². The van der Waals surface area contributed by atoms with Crippen molar-refractivity contribution in [2.45, 2.75) is 24.9 Å². The average molecular weight is 320 g/mol. The largest absolute Gasteiger partial charge is 0.437 e. The Labute approximate surface area is 122 Å². The Morgan fingerprint density at radius 2 is 2.00 bits per heavy atom. The van der Waals surface area contributed by atoms with Crippen LogP contribution in [-0.2, 0) is 4.79 Å². The first-order chi connectivity index (χ1) is 10.1. The monoisotopic (exact) mass is 320 g/mol. The van der Waals surface area contributed by atoms with E-state index in [1.54, 1.807) is 0 Å². The molecule has 1 aromatic carbocycles.